The maximum atomic E-state index is 14.6. The fraction of sp³-hybridized carbons (Fsp3) is 0.333. The topological polar surface area (TPSA) is 18.5 Å². The minimum Gasteiger partial charge on any atom is -0.490 e. The highest BCUT2D eigenvalue weighted by Gasteiger charge is 2.18. The van der Waals surface area contributed by atoms with E-state index in [4.69, 9.17) is 9.47 Å². The first-order valence-corrected chi connectivity index (χ1v) is 8.57. The van der Waals surface area contributed by atoms with Gasteiger partial charge in [-0.1, -0.05) is 13.8 Å². The van der Waals surface area contributed by atoms with Gasteiger partial charge in [-0.15, -0.1) is 11.3 Å². The highest BCUT2D eigenvalue weighted by molar-refractivity contribution is 7.25. The van der Waals surface area contributed by atoms with E-state index >= 15 is 0 Å². The zero-order valence-electron chi connectivity index (χ0n) is 13.1. The van der Waals surface area contributed by atoms with Crippen LogP contribution in [0.4, 0.5) is 8.78 Å². The highest BCUT2D eigenvalue weighted by atomic mass is 32.1. The van der Waals surface area contributed by atoms with Crippen LogP contribution in [-0.2, 0) is 0 Å². The van der Waals surface area contributed by atoms with Gasteiger partial charge in [0.1, 0.15) is 0 Å². The van der Waals surface area contributed by atoms with Crippen LogP contribution in [0.25, 0.3) is 20.2 Å². The van der Waals surface area contributed by atoms with Gasteiger partial charge in [-0.25, -0.2) is 8.78 Å². The molecule has 0 aliphatic heterocycles. The summed E-state index contributed by atoms with van der Waals surface area (Å²) in [4.78, 5) is 0. The minimum absolute atomic E-state index is 0.216. The maximum Gasteiger partial charge on any atom is 0.182 e. The van der Waals surface area contributed by atoms with E-state index in [1.807, 2.05) is 13.8 Å². The molecule has 2 aromatic carbocycles. The number of fused-ring (bicyclic) bond motifs is 3. The lowest BCUT2D eigenvalue weighted by Crippen LogP contribution is -1.97. The van der Waals surface area contributed by atoms with Gasteiger partial charge in [0.15, 0.2) is 23.1 Å². The second-order valence-corrected chi connectivity index (χ2v) is 6.33. The third-order valence-corrected chi connectivity index (χ3v) is 4.75. The Morgan fingerprint density at radius 1 is 0.783 bits per heavy atom. The molecule has 0 atom stereocenters. The van der Waals surface area contributed by atoms with E-state index in [1.165, 1.54) is 0 Å². The lowest BCUT2D eigenvalue weighted by atomic mass is 10.1. The maximum absolute atomic E-state index is 14.6. The van der Waals surface area contributed by atoms with Crippen LogP contribution in [0.3, 0.4) is 0 Å². The Bertz CT molecular complexity index is 774. The molecule has 2 nitrogen and oxygen atoms in total. The first kappa shape index (κ1) is 16.0. The molecule has 1 heterocycles. The van der Waals surface area contributed by atoms with Gasteiger partial charge in [-0.3, -0.25) is 0 Å². The molecule has 3 aromatic rings. The molecule has 3 rings (SSSR count). The Labute approximate surface area is 137 Å². The summed E-state index contributed by atoms with van der Waals surface area (Å²) in [6, 6.07) is 6.79. The van der Waals surface area contributed by atoms with Gasteiger partial charge < -0.3 is 9.47 Å². The van der Waals surface area contributed by atoms with Crippen molar-refractivity contribution in [3.05, 3.63) is 35.9 Å². The van der Waals surface area contributed by atoms with E-state index in [0.717, 1.165) is 24.2 Å². The van der Waals surface area contributed by atoms with Crippen LogP contribution in [0.1, 0.15) is 26.7 Å². The van der Waals surface area contributed by atoms with Gasteiger partial charge >= 0.3 is 0 Å². The van der Waals surface area contributed by atoms with Crippen LogP contribution in [0, 0.1) is 11.6 Å². The van der Waals surface area contributed by atoms with Gasteiger partial charge in [-0.2, -0.15) is 0 Å². The summed E-state index contributed by atoms with van der Waals surface area (Å²) in [5.74, 6) is -0.414. The van der Waals surface area contributed by atoms with Gasteiger partial charge in [-0.05, 0) is 37.1 Å². The van der Waals surface area contributed by atoms with Crippen LogP contribution in [0.5, 0.6) is 11.5 Å². The number of halogens is 2. The first-order chi connectivity index (χ1) is 11.2. The van der Waals surface area contributed by atoms with Crippen molar-refractivity contribution in [2.75, 3.05) is 13.2 Å². The zero-order valence-corrected chi connectivity index (χ0v) is 13.9. The third kappa shape index (κ3) is 2.85. The molecule has 0 spiro atoms. The van der Waals surface area contributed by atoms with Crippen LogP contribution < -0.4 is 9.47 Å². The van der Waals surface area contributed by atoms with E-state index in [0.29, 0.717) is 33.4 Å². The van der Waals surface area contributed by atoms with Crippen LogP contribution in [0.15, 0.2) is 24.3 Å². The van der Waals surface area contributed by atoms with E-state index in [1.54, 1.807) is 24.3 Å². The van der Waals surface area contributed by atoms with Crippen molar-refractivity contribution in [2.45, 2.75) is 26.7 Å². The Morgan fingerprint density at radius 2 is 1.22 bits per heavy atom. The average molecular weight is 336 g/mol. The van der Waals surface area contributed by atoms with Gasteiger partial charge in [0, 0.05) is 10.8 Å². The predicted octanol–water partition coefficient (Wildman–Crippen LogP) is 5.91. The van der Waals surface area contributed by atoms with Crippen LogP contribution in [0.2, 0.25) is 0 Å². The molecular formula is C18H18F2O2S. The zero-order chi connectivity index (χ0) is 16.4. The lowest BCUT2D eigenvalue weighted by molar-refractivity contribution is 0.303. The number of benzene rings is 2. The first-order valence-electron chi connectivity index (χ1n) is 7.76. The number of ether oxygens (including phenoxy) is 2. The Morgan fingerprint density at radius 3 is 1.61 bits per heavy atom. The van der Waals surface area contributed by atoms with E-state index in [9.17, 15) is 8.78 Å². The molecule has 0 aliphatic rings. The summed E-state index contributed by atoms with van der Waals surface area (Å²) in [6.45, 7) is 4.83. The largest absolute Gasteiger partial charge is 0.490 e. The van der Waals surface area contributed by atoms with Crippen molar-refractivity contribution < 1.29 is 18.3 Å². The van der Waals surface area contributed by atoms with Crippen molar-refractivity contribution in [2.24, 2.45) is 0 Å². The molecule has 23 heavy (non-hydrogen) atoms. The molecule has 0 unspecified atom stereocenters. The normalized spacial score (nSPS) is 11.3. The van der Waals surface area contributed by atoms with E-state index in [2.05, 4.69) is 0 Å². The number of hydrogen-bond donors (Lipinski definition) is 0. The second-order valence-electron chi connectivity index (χ2n) is 5.31. The van der Waals surface area contributed by atoms with Crippen molar-refractivity contribution in [1.82, 2.24) is 0 Å². The summed E-state index contributed by atoms with van der Waals surface area (Å²) < 4.78 is 40.8. The highest BCUT2D eigenvalue weighted by Crippen LogP contribution is 2.41. The average Bonchev–Trinajstić information content (AvgIpc) is 2.94. The number of rotatable bonds is 6. The van der Waals surface area contributed by atoms with Gasteiger partial charge in [0.05, 0.1) is 22.6 Å². The van der Waals surface area contributed by atoms with E-state index < -0.39 is 11.6 Å². The Balaban J connectivity index is 2.13. The molecule has 0 saturated carbocycles. The standard InChI is InChI=1S/C18H18F2O2S/c1-3-9-21-13-7-5-11-12-6-8-14(22-10-4-2)16(20)18(12)23-17(11)15(13)19/h5-8H,3-4,9-10H2,1-2H3. The summed E-state index contributed by atoms with van der Waals surface area (Å²) in [5, 5.41) is 1.40. The van der Waals surface area contributed by atoms with Crippen molar-refractivity contribution in [3.63, 3.8) is 0 Å². The van der Waals surface area contributed by atoms with Gasteiger partial charge in [0.25, 0.3) is 0 Å². The summed E-state index contributed by atoms with van der Waals surface area (Å²) >= 11 is 1.10. The van der Waals surface area contributed by atoms with Crippen molar-refractivity contribution in [3.8, 4) is 11.5 Å². The van der Waals surface area contributed by atoms with Crippen LogP contribution >= 0.6 is 11.3 Å². The number of thiophene rings is 1. The smallest absolute Gasteiger partial charge is 0.182 e. The SMILES string of the molecule is CCCOc1ccc2c(sc3c(F)c(OCCC)ccc32)c1F. The molecule has 0 bridgehead atoms. The van der Waals surface area contributed by atoms with E-state index in [-0.39, 0.29) is 11.5 Å². The molecule has 122 valence electrons. The minimum atomic E-state index is -0.424. The molecule has 0 saturated heterocycles. The van der Waals surface area contributed by atoms with Crippen LogP contribution in [-0.4, -0.2) is 13.2 Å². The molecule has 5 heteroatoms. The molecule has 0 aliphatic carbocycles. The summed E-state index contributed by atoms with van der Waals surface area (Å²) in [5.41, 5.74) is 0. The Hall–Kier alpha value is -1.88. The van der Waals surface area contributed by atoms with Crippen molar-refractivity contribution in [1.29, 1.82) is 0 Å². The number of hydrogen-bond acceptors (Lipinski definition) is 3. The lowest BCUT2D eigenvalue weighted by Gasteiger charge is -2.06. The third-order valence-electron chi connectivity index (χ3n) is 3.54. The fourth-order valence-electron chi connectivity index (χ4n) is 2.45. The quantitative estimate of drug-likeness (QED) is 0.557. The fourth-order valence-corrected chi connectivity index (χ4v) is 3.61. The summed E-state index contributed by atoms with van der Waals surface area (Å²) in [6.07, 6.45) is 1.60. The Kier molecular flexibility index (Phi) is 4.66. The summed E-state index contributed by atoms with van der Waals surface area (Å²) in [7, 11) is 0. The molecule has 0 fully saturated rings. The predicted molar refractivity (Wildman–Crippen MR) is 90.8 cm³/mol. The molecule has 0 N–H and O–H groups in total. The van der Waals surface area contributed by atoms with Gasteiger partial charge in [0.2, 0.25) is 0 Å². The monoisotopic (exact) mass is 336 g/mol. The molecule has 1 aromatic heterocycles. The molecule has 0 amide bonds. The second kappa shape index (κ2) is 6.71. The van der Waals surface area contributed by atoms with Crippen molar-refractivity contribution >= 4 is 31.5 Å². The molecule has 0 radical (unpaired) electrons. The molecular weight excluding hydrogens is 318 g/mol.